The monoisotopic (exact) mass is 168 g/mol. The molecule has 62 valence electrons. The molecular formula is C9H6F2O. The van der Waals surface area contributed by atoms with E-state index in [1.54, 1.807) is 0 Å². The highest BCUT2D eigenvalue weighted by molar-refractivity contribution is 5.40. The standard InChI is InChI=1S/C9H6F2O/c10-4-1-6-5(7(11)2-4)3-8-9(6)12-8/h1-2,8-9H,3H2/t8-,9+/m1/s1. The van der Waals surface area contributed by atoms with Crippen molar-refractivity contribution < 1.29 is 13.5 Å². The Bertz CT molecular complexity index is 362. The van der Waals surface area contributed by atoms with Gasteiger partial charge in [0.2, 0.25) is 0 Å². The van der Waals surface area contributed by atoms with E-state index in [2.05, 4.69) is 0 Å². The summed E-state index contributed by atoms with van der Waals surface area (Å²) in [7, 11) is 0. The minimum Gasteiger partial charge on any atom is -0.364 e. The Kier molecular flexibility index (Phi) is 1.01. The number of halogens is 2. The fourth-order valence-electron chi connectivity index (χ4n) is 1.87. The topological polar surface area (TPSA) is 12.5 Å². The molecule has 1 nitrogen and oxygen atoms in total. The van der Waals surface area contributed by atoms with Crippen LogP contribution in [0.2, 0.25) is 0 Å². The van der Waals surface area contributed by atoms with Gasteiger partial charge in [0.15, 0.2) is 0 Å². The Morgan fingerprint density at radius 2 is 2.17 bits per heavy atom. The van der Waals surface area contributed by atoms with Gasteiger partial charge in [-0.3, -0.25) is 0 Å². The molecule has 0 radical (unpaired) electrons. The van der Waals surface area contributed by atoms with Crippen LogP contribution in [0.15, 0.2) is 12.1 Å². The van der Waals surface area contributed by atoms with E-state index in [1.807, 2.05) is 0 Å². The average molecular weight is 168 g/mol. The van der Waals surface area contributed by atoms with E-state index in [4.69, 9.17) is 4.74 Å². The summed E-state index contributed by atoms with van der Waals surface area (Å²) in [4.78, 5) is 0. The van der Waals surface area contributed by atoms with Crippen LogP contribution >= 0.6 is 0 Å². The quantitative estimate of drug-likeness (QED) is 0.539. The van der Waals surface area contributed by atoms with Crippen LogP contribution in [0.25, 0.3) is 0 Å². The Balaban J connectivity index is 2.24. The van der Waals surface area contributed by atoms with Crippen LogP contribution in [-0.4, -0.2) is 6.10 Å². The molecule has 1 saturated heterocycles. The fourth-order valence-corrected chi connectivity index (χ4v) is 1.87. The highest BCUT2D eigenvalue weighted by Crippen LogP contribution is 2.49. The first kappa shape index (κ1) is 6.54. The van der Waals surface area contributed by atoms with Gasteiger partial charge in [0.25, 0.3) is 0 Å². The first-order chi connectivity index (χ1) is 5.75. The molecule has 0 N–H and O–H groups in total. The van der Waals surface area contributed by atoms with Gasteiger partial charge in [-0.2, -0.15) is 0 Å². The van der Waals surface area contributed by atoms with E-state index in [0.29, 0.717) is 17.5 Å². The SMILES string of the molecule is Fc1cc(F)c2c(c1)[C@@H]1O[C@@H]1C2. The Hall–Kier alpha value is -0.960. The molecule has 3 heteroatoms. The van der Waals surface area contributed by atoms with Crippen LogP contribution in [0.1, 0.15) is 17.2 Å². The Labute approximate surface area is 68.0 Å². The van der Waals surface area contributed by atoms with Crippen LogP contribution in [0.4, 0.5) is 8.78 Å². The van der Waals surface area contributed by atoms with Crippen molar-refractivity contribution in [3.8, 4) is 0 Å². The summed E-state index contributed by atoms with van der Waals surface area (Å²) in [5.41, 5.74) is 1.34. The summed E-state index contributed by atoms with van der Waals surface area (Å²) in [6, 6.07) is 2.31. The summed E-state index contributed by atoms with van der Waals surface area (Å²) in [5.74, 6) is -0.941. The van der Waals surface area contributed by atoms with Crippen molar-refractivity contribution in [3.63, 3.8) is 0 Å². The summed E-state index contributed by atoms with van der Waals surface area (Å²) in [5, 5.41) is 0. The molecule has 1 aliphatic carbocycles. The summed E-state index contributed by atoms with van der Waals surface area (Å²) < 4.78 is 30.9. The molecule has 1 fully saturated rings. The third kappa shape index (κ3) is 0.693. The molecule has 2 aliphatic rings. The molecule has 1 aromatic carbocycles. The molecule has 0 unspecified atom stereocenters. The van der Waals surface area contributed by atoms with Gasteiger partial charge in [0, 0.05) is 12.5 Å². The predicted molar refractivity (Wildman–Crippen MR) is 37.7 cm³/mol. The summed E-state index contributed by atoms with van der Waals surface area (Å²) in [6.45, 7) is 0. The third-order valence-electron chi connectivity index (χ3n) is 2.49. The molecule has 12 heavy (non-hydrogen) atoms. The highest BCUT2D eigenvalue weighted by atomic mass is 19.1. The fraction of sp³-hybridized carbons (Fsp3) is 0.333. The van der Waals surface area contributed by atoms with Crippen LogP contribution in [-0.2, 0) is 11.2 Å². The lowest BCUT2D eigenvalue weighted by molar-refractivity contribution is 0.356. The molecule has 0 aromatic heterocycles. The van der Waals surface area contributed by atoms with E-state index in [9.17, 15) is 8.78 Å². The predicted octanol–water partition coefficient (Wildman–Crippen LogP) is 1.96. The number of rotatable bonds is 0. The summed E-state index contributed by atoms with van der Waals surface area (Å²) >= 11 is 0. The molecule has 1 heterocycles. The minimum atomic E-state index is -0.512. The zero-order valence-electron chi connectivity index (χ0n) is 6.18. The van der Waals surface area contributed by atoms with E-state index >= 15 is 0 Å². The number of epoxide rings is 1. The molecule has 1 aliphatic heterocycles. The van der Waals surface area contributed by atoms with Crippen LogP contribution in [0, 0.1) is 11.6 Å². The normalized spacial score (nSPS) is 29.8. The summed E-state index contributed by atoms with van der Waals surface area (Å²) in [6.07, 6.45) is 0.702. The van der Waals surface area contributed by atoms with Crippen LogP contribution in [0.3, 0.4) is 0 Å². The van der Waals surface area contributed by atoms with Crippen LogP contribution in [0.5, 0.6) is 0 Å². The maximum absolute atomic E-state index is 13.0. The van der Waals surface area contributed by atoms with Gasteiger partial charge in [0.05, 0.1) is 6.10 Å². The van der Waals surface area contributed by atoms with Gasteiger partial charge < -0.3 is 4.74 Å². The van der Waals surface area contributed by atoms with Gasteiger partial charge in [-0.15, -0.1) is 0 Å². The number of fused-ring (bicyclic) bond motifs is 3. The smallest absolute Gasteiger partial charge is 0.129 e. The molecule has 0 spiro atoms. The Morgan fingerprint density at radius 3 is 3.00 bits per heavy atom. The van der Waals surface area contributed by atoms with Crippen molar-refractivity contribution >= 4 is 0 Å². The molecule has 2 atom stereocenters. The van der Waals surface area contributed by atoms with Gasteiger partial charge in [0.1, 0.15) is 17.7 Å². The lowest BCUT2D eigenvalue weighted by Crippen LogP contribution is -1.95. The van der Waals surface area contributed by atoms with Gasteiger partial charge >= 0.3 is 0 Å². The van der Waals surface area contributed by atoms with Crippen molar-refractivity contribution in [2.24, 2.45) is 0 Å². The first-order valence-electron chi connectivity index (χ1n) is 3.89. The van der Waals surface area contributed by atoms with Crippen molar-refractivity contribution in [1.82, 2.24) is 0 Å². The van der Waals surface area contributed by atoms with Gasteiger partial charge in [-0.05, 0) is 17.2 Å². The van der Waals surface area contributed by atoms with Gasteiger partial charge in [-0.25, -0.2) is 8.78 Å². The number of benzene rings is 1. The number of hydrogen-bond acceptors (Lipinski definition) is 1. The molecule has 0 saturated carbocycles. The number of hydrogen-bond donors (Lipinski definition) is 0. The maximum Gasteiger partial charge on any atom is 0.129 e. The van der Waals surface area contributed by atoms with E-state index in [0.717, 1.165) is 6.07 Å². The van der Waals surface area contributed by atoms with Crippen molar-refractivity contribution in [3.05, 3.63) is 34.9 Å². The zero-order valence-corrected chi connectivity index (χ0v) is 6.18. The second-order valence-corrected chi connectivity index (χ2v) is 3.25. The van der Waals surface area contributed by atoms with Crippen molar-refractivity contribution in [1.29, 1.82) is 0 Å². The largest absolute Gasteiger partial charge is 0.364 e. The van der Waals surface area contributed by atoms with E-state index in [1.165, 1.54) is 6.07 Å². The lowest BCUT2D eigenvalue weighted by Gasteiger charge is -2.02. The molecule has 0 amide bonds. The Morgan fingerprint density at radius 1 is 1.33 bits per heavy atom. The van der Waals surface area contributed by atoms with Gasteiger partial charge in [-0.1, -0.05) is 0 Å². The zero-order chi connectivity index (χ0) is 8.29. The van der Waals surface area contributed by atoms with Crippen LogP contribution < -0.4 is 0 Å². The molecule has 1 aromatic rings. The second-order valence-electron chi connectivity index (χ2n) is 3.25. The van der Waals surface area contributed by atoms with E-state index < -0.39 is 11.6 Å². The molecule has 0 bridgehead atoms. The maximum atomic E-state index is 13.0. The minimum absolute atomic E-state index is 0.0230. The highest BCUT2D eigenvalue weighted by Gasteiger charge is 2.48. The molecule has 3 rings (SSSR count). The molecular weight excluding hydrogens is 162 g/mol. The number of ether oxygens (including phenoxy) is 1. The van der Waals surface area contributed by atoms with E-state index in [-0.39, 0.29) is 12.2 Å². The first-order valence-corrected chi connectivity index (χ1v) is 3.89. The second kappa shape index (κ2) is 1.85. The van der Waals surface area contributed by atoms with Crippen molar-refractivity contribution in [2.45, 2.75) is 18.6 Å². The van der Waals surface area contributed by atoms with Crippen molar-refractivity contribution in [2.75, 3.05) is 0 Å². The lowest BCUT2D eigenvalue weighted by atomic mass is 10.1. The third-order valence-corrected chi connectivity index (χ3v) is 2.49. The average Bonchev–Trinajstić information content (AvgIpc) is 2.68.